The molecule has 1 heterocycles. The molecule has 1 aromatic rings. The van der Waals surface area contributed by atoms with Gasteiger partial charge in [-0.05, 0) is 31.4 Å². The smallest absolute Gasteiger partial charge is 0.0658 e. The molecule has 1 rings (SSSR count). The van der Waals surface area contributed by atoms with Crippen LogP contribution in [-0.4, -0.2) is 18.7 Å². The minimum Gasteiger partial charge on any atom is -0.385 e. The largest absolute Gasteiger partial charge is 0.385 e. The van der Waals surface area contributed by atoms with Gasteiger partial charge in [-0.2, -0.15) is 0 Å². The first kappa shape index (κ1) is 13.1. The fourth-order valence-corrected chi connectivity index (χ4v) is 1.75. The first-order valence-electron chi connectivity index (χ1n) is 5.57. The molecule has 4 nitrogen and oxygen atoms in total. The molecule has 0 aliphatic heterocycles. The lowest BCUT2D eigenvalue weighted by atomic mass is 9.96. The molecule has 1 aromatic heterocycles. The normalized spacial score (nSPS) is 14.8. The quantitative estimate of drug-likeness (QED) is 0.567. The van der Waals surface area contributed by atoms with E-state index in [0.29, 0.717) is 5.92 Å². The van der Waals surface area contributed by atoms with Crippen LogP contribution in [0.3, 0.4) is 0 Å². The summed E-state index contributed by atoms with van der Waals surface area (Å²) >= 11 is 0. The van der Waals surface area contributed by atoms with E-state index in [0.717, 1.165) is 24.4 Å². The summed E-state index contributed by atoms with van der Waals surface area (Å²) in [5.74, 6) is 5.98. The zero-order valence-electron chi connectivity index (χ0n) is 10.2. The van der Waals surface area contributed by atoms with Gasteiger partial charge in [0.2, 0.25) is 0 Å². The number of nitrogens with two attached hydrogens (primary N) is 1. The van der Waals surface area contributed by atoms with Crippen LogP contribution in [0, 0.1) is 12.8 Å². The zero-order chi connectivity index (χ0) is 12.0. The summed E-state index contributed by atoms with van der Waals surface area (Å²) in [6, 6.07) is 6.07. The highest BCUT2D eigenvalue weighted by Crippen LogP contribution is 2.22. The third-order valence-electron chi connectivity index (χ3n) is 2.75. The van der Waals surface area contributed by atoms with E-state index in [1.165, 1.54) is 0 Å². The third kappa shape index (κ3) is 3.56. The average molecular weight is 223 g/mol. The number of nitrogens with one attached hydrogen (secondary N) is 1. The van der Waals surface area contributed by atoms with Gasteiger partial charge >= 0.3 is 0 Å². The Hall–Kier alpha value is -0.970. The van der Waals surface area contributed by atoms with Crippen LogP contribution in [0.5, 0.6) is 0 Å². The summed E-state index contributed by atoms with van der Waals surface area (Å²) in [6.07, 6.45) is 0.959. The number of aryl methyl sites for hydroxylation is 1. The van der Waals surface area contributed by atoms with Gasteiger partial charge in [-0.3, -0.25) is 16.3 Å². The predicted molar refractivity (Wildman–Crippen MR) is 64.7 cm³/mol. The second kappa shape index (κ2) is 6.58. The lowest BCUT2D eigenvalue weighted by molar-refractivity contribution is 0.169. The first-order valence-corrected chi connectivity index (χ1v) is 5.57. The van der Waals surface area contributed by atoms with Gasteiger partial charge in [0.1, 0.15) is 0 Å². The molecule has 0 bridgehead atoms. The number of methoxy groups -OCH3 is 1. The minimum atomic E-state index is 0.0788. The summed E-state index contributed by atoms with van der Waals surface area (Å²) in [6.45, 7) is 4.87. The van der Waals surface area contributed by atoms with Crippen molar-refractivity contribution in [3.8, 4) is 0 Å². The van der Waals surface area contributed by atoms with E-state index in [1.807, 2.05) is 25.1 Å². The number of pyridine rings is 1. The predicted octanol–water partition coefficient (Wildman–Crippen LogP) is 1.57. The molecular formula is C12H21N3O. The van der Waals surface area contributed by atoms with Gasteiger partial charge in [-0.25, -0.2) is 0 Å². The van der Waals surface area contributed by atoms with Crippen LogP contribution in [0.2, 0.25) is 0 Å². The molecule has 3 N–H and O–H groups in total. The summed E-state index contributed by atoms with van der Waals surface area (Å²) in [5, 5.41) is 0. The molecule has 0 aliphatic rings. The van der Waals surface area contributed by atoms with Gasteiger partial charge in [0.05, 0.1) is 11.7 Å². The van der Waals surface area contributed by atoms with Crippen molar-refractivity contribution in [2.45, 2.75) is 26.3 Å². The SMILES string of the molecule is COCCC(C)C(NN)c1cccc(C)n1. The van der Waals surface area contributed by atoms with Gasteiger partial charge in [0.15, 0.2) is 0 Å². The maximum atomic E-state index is 5.60. The average Bonchev–Trinajstić information content (AvgIpc) is 2.27. The molecular weight excluding hydrogens is 202 g/mol. The summed E-state index contributed by atoms with van der Waals surface area (Å²) in [5.41, 5.74) is 4.84. The van der Waals surface area contributed by atoms with Crippen LogP contribution >= 0.6 is 0 Å². The van der Waals surface area contributed by atoms with E-state index in [2.05, 4.69) is 17.3 Å². The highest BCUT2D eigenvalue weighted by atomic mass is 16.5. The highest BCUT2D eigenvalue weighted by molar-refractivity contribution is 5.14. The maximum absolute atomic E-state index is 5.60. The Balaban J connectivity index is 2.73. The van der Waals surface area contributed by atoms with Gasteiger partial charge in [0, 0.05) is 19.4 Å². The molecule has 4 heteroatoms. The van der Waals surface area contributed by atoms with E-state index >= 15 is 0 Å². The van der Waals surface area contributed by atoms with Gasteiger partial charge in [-0.1, -0.05) is 13.0 Å². The number of nitrogens with zero attached hydrogens (tertiary/aromatic N) is 1. The first-order chi connectivity index (χ1) is 7.69. The van der Waals surface area contributed by atoms with Crippen molar-refractivity contribution < 1.29 is 4.74 Å². The Labute approximate surface area is 97.2 Å². The fraction of sp³-hybridized carbons (Fsp3) is 0.583. The number of aromatic nitrogens is 1. The maximum Gasteiger partial charge on any atom is 0.0658 e. The molecule has 2 unspecified atom stereocenters. The summed E-state index contributed by atoms with van der Waals surface area (Å²) in [4.78, 5) is 4.49. The second-order valence-electron chi connectivity index (χ2n) is 4.11. The van der Waals surface area contributed by atoms with E-state index in [-0.39, 0.29) is 6.04 Å². The van der Waals surface area contributed by atoms with Crippen LogP contribution in [0.25, 0.3) is 0 Å². The van der Waals surface area contributed by atoms with E-state index in [1.54, 1.807) is 7.11 Å². The van der Waals surface area contributed by atoms with Crippen molar-refractivity contribution in [1.29, 1.82) is 0 Å². The molecule has 0 radical (unpaired) electrons. The van der Waals surface area contributed by atoms with Crippen LogP contribution < -0.4 is 11.3 Å². The lowest BCUT2D eigenvalue weighted by Gasteiger charge is -2.22. The Morgan fingerprint density at radius 3 is 2.81 bits per heavy atom. The molecule has 0 saturated heterocycles. The van der Waals surface area contributed by atoms with Crippen LogP contribution in [0.15, 0.2) is 18.2 Å². The monoisotopic (exact) mass is 223 g/mol. The molecule has 16 heavy (non-hydrogen) atoms. The molecule has 0 aromatic carbocycles. The minimum absolute atomic E-state index is 0.0788. The Kier molecular flexibility index (Phi) is 5.38. The van der Waals surface area contributed by atoms with Crippen molar-refractivity contribution in [2.75, 3.05) is 13.7 Å². The number of rotatable bonds is 6. The summed E-state index contributed by atoms with van der Waals surface area (Å²) in [7, 11) is 1.71. The third-order valence-corrected chi connectivity index (χ3v) is 2.75. The molecule has 0 spiro atoms. The van der Waals surface area contributed by atoms with E-state index in [9.17, 15) is 0 Å². The molecule has 2 atom stereocenters. The number of ether oxygens (including phenoxy) is 1. The molecule has 0 fully saturated rings. The molecule has 0 amide bonds. The van der Waals surface area contributed by atoms with Gasteiger partial charge < -0.3 is 4.74 Å². The van der Waals surface area contributed by atoms with Crippen molar-refractivity contribution in [3.05, 3.63) is 29.6 Å². The molecule has 90 valence electrons. The van der Waals surface area contributed by atoms with Crippen molar-refractivity contribution in [1.82, 2.24) is 10.4 Å². The lowest BCUT2D eigenvalue weighted by Crippen LogP contribution is -2.33. The van der Waals surface area contributed by atoms with Crippen LogP contribution in [0.1, 0.15) is 30.8 Å². The van der Waals surface area contributed by atoms with Gasteiger partial charge in [0.25, 0.3) is 0 Å². The van der Waals surface area contributed by atoms with Crippen LogP contribution in [0.4, 0.5) is 0 Å². The number of hydrazine groups is 1. The van der Waals surface area contributed by atoms with Crippen molar-refractivity contribution >= 4 is 0 Å². The van der Waals surface area contributed by atoms with Crippen molar-refractivity contribution in [3.63, 3.8) is 0 Å². The van der Waals surface area contributed by atoms with Crippen molar-refractivity contribution in [2.24, 2.45) is 11.8 Å². The Morgan fingerprint density at radius 1 is 1.50 bits per heavy atom. The van der Waals surface area contributed by atoms with E-state index < -0.39 is 0 Å². The molecule has 0 aliphatic carbocycles. The summed E-state index contributed by atoms with van der Waals surface area (Å²) < 4.78 is 5.08. The van der Waals surface area contributed by atoms with Crippen LogP contribution in [-0.2, 0) is 4.74 Å². The second-order valence-corrected chi connectivity index (χ2v) is 4.11. The number of hydrogen-bond donors (Lipinski definition) is 2. The molecule has 0 saturated carbocycles. The topological polar surface area (TPSA) is 60.2 Å². The fourth-order valence-electron chi connectivity index (χ4n) is 1.75. The Morgan fingerprint density at radius 2 is 2.25 bits per heavy atom. The standard InChI is InChI=1S/C12H21N3O/c1-9(7-8-16-3)12(15-13)11-6-4-5-10(2)14-11/h4-6,9,12,15H,7-8,13H2,1-3H3. The van der Waals surface area contributed by atoms with E-state index in [4.69, 9.17) is 10.6 Å². The van der Waals surface area contributed by atoms with Gasteiger partial charge in [-0.15, -0.1) is 0 Å². The zero-order valence-corrected chi connectivity index (χ0v) is 10.2. The number of hydrogen-bond acceptors (Lipinski definition) is 4. The Bertz CT molecular complexity index is 317. The highest BCUT2D eigenvalue weighted by Gasteiger charge is 2.18.